The van der Waals surface area contributed by atoms with Gasteiger partial charge in [0.25, 0.3) is 5.91 Å². The lowest BCUT2D eigenvalue weighted by atomic mass is 9.93. The third-order valence-electron chi connectivity index (χ3n) is 3.70. The average molecular weight is 374 g/mol. The van der Waals surface area contributed by atoms with Gasteiger partial charge in [0, 0.05) is 18.3 Å². The van der Waals surface area contributed by atoms with Gasteiger partial charge in [-0.05, 0) is 39.2 Å². The molecule has 0 aromatic carbocycles. The highest BCUT2D eigenvalue weighted by Crippen LogP contribution is 2.17. The number of hydrogen-bond donors (Lipinski definition) is 4. The van der Waals surface area contributed by atoms with Crippen LogP contribution in [-0.4, -0.2) is 38.8 Å². The first-order chi connectivity index (χ1) is 12.9. The molecule has 2 aromatic heterocycles. The molecule has 0 bridgehead atoms. The van der Waals surface area contributed by atoms with E-state index in [4.69, 9.17) is 5.73 Å². The van der Waals surface area contributed by atoms with E-state index in [-0.39, 0.29) is 17.9 Å². The fourth-order valence-electron chi connectivity index (χ4n) is 2.23. The average Bonchev–Trinajstić information content (AvgIpc) is 3.02. The van der Waals surface area contributed by atoms with Crippen LogP contribution in [-0.2, 0) is 4.79 Å². The number of fused-ring (bicyclic) bond motifs is 1. The Balaban J connectivity index is 0.000000282. The molecule has 0 unspecified atom stereocenters. The molecule has 1 aliphatic rings. The second-order valence-corrected chi connectivity index (χ2v) is 6.16. The topological polar surface area (TPSA) is 126 Å². The van der Waals surface area contributed by atoms with E-state index in [2.05, 4.69) is 32.2 Å². The van der Waals surface area contributed by atoms with Gasteiger partial charge in [0.15, 0.2) is 5.65 Å². The molecular weight excluding hydrogens is 344 g/mol. The van der Waals surface area contributed by atoms with Gasteiger partial charge in [-0.25, -0.2) is 9.97 Å². The van der Waals surface area contributed by atoms with Gasteiger partial charge in [0.2, 0.25) is 5.91 Å². The summed E-state index contributed by atoms with van der Waals surface area (Å²) < 4.78 is 0. The van der Waals surface area contributed by atoms with Gasteiger partial charge in [-0.1, -0.05) is 20.4 Å². The van der Waals surface area contributed by atoms with E-state index in [0.29, 0.717) is 28.6 Å². The third-order valence-corrected chi connectivity index (χ3v) is 3.70. The maximum Gasteiger partial charge on any atom is 0.255 e. The number of carbonyl (C=O) groups is 2. The second-order valence-electron chi connectivity index (χ2n) is 6.16. The Labute approximate surface area is 160 Å². The van der Waals surface area contributed by atoms with Crippen molar-refractivity contribution in [1.82, 2.24) is 25.6 Å². The molecular formula is C19H30N6O2. The van der Waals surface area contributed by atoms with Crippen molar-refractivity contribution in [3.8, 4) is 0 Å². The number of aromatic amines is 1. The number of carbonyl (C=O) groups excluding carboxylic acids is 2. The Bertz CT molecular complexity index is 765. The first-order valence-corrected chi connectivity index (χ1v) is 9.24. The van der Waals surface area contributed by atoms with Crippen LogP contribution >= 0.6 is 0 Å². The smallest absolute Gasteiger partial charge is 0.255 e. The van der Waals surface area contributed by atoms with Crippen LogP contribution in [0.15, 0.2) is 25.0 Å². The lowest BCUT2D eigenvalue weighted by Crippen LogP contribution is -2.38. The fourth-order valence-corrected chi connectivity index (χ4v) is 2.23. The molecule has 2 amide bonds. The van der Waals surface area contributed by atoms with Crippen molar-refractivity contribution in [1.29, 1.82) is 0 Å². The minimum Gasteiger partial charge on any atom is -0.382 e. The van der Waals surface area contributed by atoms with Crippen molar-refractivity contribution < 1.29 is 9.59 Å². The highest BCUT2D eigenvalue weighted by Gasteiger charge is 2.17. The first-order valence-electron chi connectivity index (χ1n) is 9.24. The van der Waals surface area contributed by atoms with Crippen LogP contribution in [0.25, 0.3) is 11.2 Å². The van der Waals surface area contributed by atoms with E-state index in [0.717, 1.165) is 12.8 Å². The Morgan fingerprint density at radius 2 is 2.04 bits per heavy atom. The van der Waals surface area contributed by atoms with Crippen LogP contribution in [0.4, 0.5) is 5.82 Å². The number of nitrogens with two attached hydrogens (primary N) is 1. The van der Waals surface area contributed by atoms with Gasteiger partial charge in [-0.15, -0.1) is 0 Å². The minimum absolute atomic E-state index is 0.0419. The van der Waals surface area contributed by atoms with Gasteiger partial charge in [-0.3, -0.25) is 9.59 Å². The quantitative estimate of drug-likeness (QED) is 0.612. The second kappa shape index (κ2) is 10.9. The van der Waals surface area contributed by atoms with Crippen molar-refractivity contribution >= 4 is 28.8 Å². The Hall–Kier alpha value is -2.90. The Morgan fingerprint density at radius 1 is 1.37 bits per heavy atom. The van der Waals surface area contributed by atoms with Gasteiger partial charge >= 0.3 is 0 Å². The lowest BCUT2D eigenvalue weighted by molar-refractivity contribution is -0.117. The molecule has 0 atom stereocenters. The van der Waals surface area contributed by atoms with E-state index >= 15 is 0 Å². The number of anilines is 1. The molecule has 0 radical (unpaired) electrons. The molecule has 0 saturated heterocycles. The molecule has 1 fully saturated rings. The maximum absolute atomic E-state index is 11.8. The predicted octanol–water partition coefficient (Wildman–Crippen LogP) is 2.55. The van der Waals surface area contributed by atoms with Crippen LogP contribution in [0.2, 0.25) is 0 Å². The van der Waals surface area contributed by atoms with E-state index in [1.807, 2.05) is 27.7 Å². The SMILES string of the molecule is C=CC(=O)NC1CCC1.CC.CC(C)NC(=O)c1c[nH]c2ncc(N)nc12. The predicted molar refractivity (Wildman–Crippen MR) is 108 cm³/mol. The monoisotopic (exact) mass is 374 g/mol. The number of nitrogens with one attached hydrogen (secondary N) is 3. The Kier molecular flexibility index (Phi) is 8.98. The number of nitrogen functional groups attached to an aromatic ring is 1. The van der Waals surface area contributed by atoms with Gasteiger partial charge in [-0.2, -0.15) is 0 Å². The van der Waals surface area contributed by atoms with Crippen molar-refractivity contribution in [2.75, 3.05) is 5.73 Å². The van der Waals surface area contributed by atoms with Gasteiger partial charge in [0.05, 0.1) is 11.8 Å². The van der Waals surface area contributed by atoms with E-state index in [1.165, 1.54) is 18.7 Å². The van der Waals surface area contributed by atoms with Crippen LogP contribution in [0.1, 0.15) is 57.3 Å². The summed E-state index contributed by atoms with van der Waals surface area (Å²) in [5.41, 5.74) is 7.05. The standard InChI is InChI=1S/C10H13N5O.C7H11NO.C2H6/c1-5(2)14-10(16)6-3-12-9-8(6)15-7(11)4-13-9;1-2-7(9)8-6-4-3-5-6;1-2/h3-5H,1-2H3,(H2,11,15)(H,12,13)(H,14,16);2,6H,1,3-5H2,(H,8,9);1-2H3. The fraction of sp³-hybridized carbons (Fsp3) is 0.474. The zero-order valence-corrected chi connectivity index (χ0v) is 16.5. The first kappa shape index (κ1) is 22.1. The number of aromatic nitrogens is 3. The molecule has 27 heavy (non-hydrogen) atoms. The molecule has 0 aliphatic heterocycles. The molecule has 8 nitrogen and oxygen atoms in total. The minimum atomic E-state index is -0.179. The molecule has 3 rings (SSSR count). The van der Waals surface area contributed by atoms with Crippen molar-refractivity contribution in [2.24, 2.45) is 0 Å². The summed E-state index contributed by atoms with van der Waals surface area (Å²) in [5.74, 6) is 0.0755. The van der Waals surface area contributed by atoms with Gasteiger partial charge < -0.3 is 21.4 Å². The summed E-state index contributed by atoms with van der Waals surface area (Å²) in [6, 6.07) is 0.516. The highest BCUT2D eigenvalue weighted by molar-refractivity contribution is 6.04. The van der Waals surface area contributed by atoms with E-state index in [9.17, 15) is 9.59 Å². The van der Waals surface area contributed by atoms with Gasteiger partial charge in [0.1, 0.15) is 11.3 Å². The van der Waals surface area contributed by atoms with E-state index in [1.54, 1.807) is 6.20 Å². The van der Waals surface area contributed by atoms with Crippen LogP contribution < -0.4 is 16.4 Å². The molecule has 5 N–H and O–H groups in total. The Morgan fingerprint density at radius 3 is 2.56 bits per heavy atom. The number of rotatable bonds is 4. The van der Waals surface area contributed by atoms with Crippen LogP contribution in [0.5, 0.6) is 0 Å². The zero-order chi connectivity index (χ0) is 20.4. The lowest BCUT2D eigenvalue weighted by Gasteiger charge is -2.25. The van der Waals surface area contributed by atoms with Crippen molar-refractivity contribution in [2.45, 2.75) is 59.0 Å². The van der Waals surface area contributed by atoms with Crippen LogP contribution in [0, 0.1) is 0 Å². The molecule has 148 valence electrons. The van der Waals surface area contributed by atoms with Crippen molar-refractivity contribution in [3.05, 3.63) is 30.6 Å². The van der Waals surface area contributed by atoms with Crippen molar-refractivity contribution in [3.63, 3.8) is 0 Å². The maximum atomic E-state index is 11.8. The van der Waals surface area contributed by atoms with E-state index < -0.39 is 0 Å². The normalized spacial score (nSPS) is 12.8. The molecule has 2 aromatic rings. The summed E-state index contributed by atoms with van der Waals surface area (Å²) in [4.78, 5) is 33.4. The third kappa shape index (κ3) is 6.73. The summed E-state index contributed by atoms with van der Waals surface area (Å²) in [5, 5.41) is 5.60. The number of nitrogens with zero attached hydrogens (tertiary/aromatic N) is 2. The molecule has 8 heteroatoms. The highest BCUT2D eigenvalue weighted by atomic mass is 16.2. The van der Waals surface area contributed by atoms with Crippen LogP contribution in [0.3, 0.4) is 0 Å². The molecule has 1 saturated carbocycles. The summed E-state index contributed by atoms with van der Waals surface area (Å²) in [6.07, 6.45) is 7.88. The number of H-pyrrole nitrogens is 1. The molecule has 2 heterocycles. The zero-order valence-electron chi connectivity index (χ0n) is 16.5. The number of hydrogen-bond acceptors (Lipinski definition) is 5. The summed E-state index contributed by atoms with van der Waals surface area (Å²) >= 11 is 0. The number of amides is 2. The molecule has 1 aliphatic carbocycles. The largest absolute Gasteiger partial charge is 0.382 e. The molecule has 0 spiro atoms. The summed E-state index contributed by atoms with van der Waals surface area (Å²) in [7, 11) is 0. The summed E-state index contributed by atoms with van der Waals surface area (Å²) in [6.45, 7) is 11.2.